The minimum absolute atomic E-state index is 0.0747. The Hall–Kier alpha value is -2.57. The van der Waals surface area contributed by atoms with Crippen molar-refractivity contribution in [1.82, 2.24) is 20.4 Å². The second-order valence-electron chi connectivity index (χ2n) is 6.93. The van der Waals surface area contributed by atoms with E-state index in [0.29, 0.717) is 24.2 Å². The van der Waals surface area contributed by atoms with Gasteiger partial charge in [-0.2, -0.15) is 5.10 Å². The van der Waals surface area contributed by atoms with Crippen LogP contribution < -0.4 is 15.4 Å². The fourth-order valence-electron chi connectivity index (χ4n) is 2.76. The highest BCUT2D eigenvalue weighted by molar-refractivity contribution is 5.80. The van der Waals surface area contributed by atoms with Gasteiger partial charge in [0.05, 0.1) is 12.6 Å². The lowest BCUT2D eigenvalue weighted by Crippen LogP contribution is -2.39. The van der Waals surface area contributed by atoms with Gasteiger partial charge in [0.1, 0.15) is 0 Å². The third-order valence-corrected chi connectivity index (χ3v) is 4.62. The Morgan fingerprint density at radius 2 is 2.30 bits per heavy atom. The standard InChI is InChI=1S/C20H28FN5O/c1-15(17-7-8-19(18(21)13-17)27-14-16-5-6-16)25-20(22-2)23-9-3-11-26-12-4-10-24-26/h4,7-8,10,12-13,15-16H,3,5-6,9,11,14H2,1-2H3,(H2,22,23,25). The lowest BCUT2D eigenvalue weighted by Gasteiger charge is -2.19. The number of nitrogens with one attached hydrogen (secondary N) is 2. The largest absolute Gasteiger partial charge is 0.490 e. The number of aliphatic imine (C=N–C) groups is 1. The van der Waals surface area contributed by atoms with Crippen LogP contribution in [0.25, 0.3) is 0 Å². The fourth-order valence-corrected chi connectivity index (χ4v) is 2.76. The summed E-state index contributed by atoms with van der Waals surface area (Å²) < 4.78 is 21.7. The minimum Gasteiger partial charge on any atom is -0.490 e. The van der Waals surface area contributed by atoms with Gasteiger partial charge in [0.2, 0.25) is 0 Å². The summed E-state index contributed by atoms with van der Waals surface area (Å²) in [6.07, 6.45) is 7.03. The van der Waals surface area contributed by atoms with E-state index in [4.69, 9.17) is 4.74 Å². The first-order valence-corrected chi connectivity index (χ1v) is 9.52. The van der Waals surface area contributed by atoms with E-state index in [2.05, 4.69) is 20.7 Å². The van der Waals surface area contributed by atoms with Crippen LogP contribution in [0, 0.1) is 11.7 Å². The zero-order valence-electron chi connectivity index (χ0n) is 16.0. The molecule has 1 aliphatic rings. The Morgan fingerprint density at radius 1 is 1.44 bits per heavy atom. The predicted molar refractivity (Wildman–Crippen MR) is 104 cm³/mol. The van der Waals surface area contributed by atoms with Gasteiger partial charge < -0.3 is 15.4 Å². The number of nitrogens with zero attached hydrogens (tertiary/aromatic N) is 3. The first kappa shape index (κ1) is 19.2. The van der Waals surface area contributed by atoms with Crippen molar-refractivity contribution in [3.05, 3.63) is 48.0 Å². The lowest BCUT2D eigenvalue weighted by atomic mass is 10.1. The van der Waals surface area contributed by atoms with E-state index in [1.54, 1.807) is 19.3 Å². The second-order valence-corrected chi connectivity index (χ2v) is 6.93. The molecular weight excluding hydrogens is 345 g/mol. The molecule has 1 unspecified atom stereocenters. The van der Waals surface area contributed by atoms with Crippen LogP contribution in [0.1, 0.15) is 37.8 Å². The Kier molecular flexibility index (Phi) is 6.68. The quantitative estimate of drug-likeness (QED) is 0.403. The van der Waals surface area contributed by atoms with E-state index in [1.165, 1.54) is 18.9 Å². The van der Waals surface area contributed by atoms with E-state index < -0.39 is 0 Å². The Balaban J connectivity index is 1.45. The fraction of sp³-hybridized carbons (Fsp3) is 0.500. The van der Waals surface area contributed by atoms with E-state index in [-0.39, 0.29) is 11.9 Å². The van der Waals surface area contributed by atoms with E-state index in [0.717, 1.165) is 25.1 Å². The number of rotatable bonds is 9. The first-order valence-electron chi connectivity index (χ1n) is 9.52. The molecule has 0 amide bonds. The SMILES string of the molecule is CN=C(NCCCn1cccn1)NC(C)c1ccc(OCC2CC2)c(F)c1. The van der Waals surface area contributed by atoms with Crippen LogP contribution in [0.4, 0.5) is 4.39 Å². The topological polar surface area (TPSA) is 63.5 Å². The van der Waals surface area contributed by atoms with Gasteiger partial charge in [-0.25, -0.2) is 4.39 Å². The van der Waals surface area contributed by atoms with Crippen molar-refractivity contribution in [2.75, 3.05) is 20.2 Å². The summed E-state index contributed by atoms with van der Waals surface area (Å²) in [6, 6.07) is 6.98. The molecule has 0 aliphatic heterocycles. The number of benzene rings is 1. The zero-order chi connectivity index (χ0) is 19.1. The smallest absolute Gasteiger partial charge is 0.191 e. The van der Waals surface area contributed by atoms with E-state index >= 15 is 0 Å². The van der Waals surface area contributed by atoms with Crippen molar-refractivity contribution >= 4 is 5.96 Å². The van der Waals surface area contributed by atoms with Gasteiger partial charge in [-0.15, -0.1) is 0 Å². The molecule has 1 atom stereocenters. The van der Waals surface area contributed by atoms with Crippen LogP contribution in [-0.4, -0.2) is 35.9 Å². The Morgan fingerprint density at radius 3 is 2.96 bits per heavy atom. The highest BCUT2D eigenvalue weighted by atomic mass is 19.1. The molecule has 0 bridgehead atoms. The molecule has 0 radical (unpaired) electrons. The second kappa shape index (κ2) is 9.39. The monoisotopic (exact) mass is 373 g/mol. The number of halogens is 1. The lowest BCUT2D eigenvalue weighted by molar-refractivity contribution is 0.285. The first-order chi connectivity index (χ1) is 13.2. The molecule has 0 spiro atoms. The molecule has 6 nitrogen and oxygen atoms in total. The maximum atomic E-state index is 14.3. The van der Waals surface area contributed by atoms with Gasteiger partial charge in [-0.1, -0.05) is 6.07 Å². The Labute approximate surface area is 159 Å². The van der Waals surface area contributed by atoms with Crippen LogP contribution in [-0.2, 0) is 6.54 Å². The third kappa shape index (κ3) is 5.98. The highest BCUT2D eigenvalue weighted by Gasteiger charge is 2.22. The number of ether oxygens (including phenoxy) is 1. The van der Waals surface area contributed by atoms with Crippen molar-refractivity contribution in [3.63, 3.8) is 0 Å². The molecule has 7 heteroatoms. The zero-order valence-corrected chi connectivity index (χ0v) is 16.0. The molecule has 1 aromatic carbocycles. The van der Waals surface area contributed by atoms with Crippen LogP contribution in [0.3, 0.4) is 0 Å². The van der Waals surface area contributed by atoms with Crippen molar-refractivity contribution in [3.8, 4) is 5.75 Å². The summed E-state index contributed by atoms with van der Waals surface area (Å²) in [7, 11) is 1.73. The maximum absolute atomic E-state index is 14.3. The highest BCUT2D eigenvalue weighted by Crippen LogP contribution is 2.30. The van der Waals surface area contributed by atoms with Gasteiger partial charge in [0, 0.05) is 32.5 Å². The third-order valence-electron chi connectivity index (χ3n) is 4.62. The molecular formula is C20H28FN5O. The maximum Gasteiger partial charge on any atom is 0.191 e. The molecule has 1 aliphatic carbocycles. The molecule has 2 aromatic rings. The molecule has 27 heavy (non-hydrogen) atoms. The number of aromatic nitrogens is 2. The molecule has 3 rings (SSSR count). The summed E-state index contributed by atoms with van der Waals surface area (Å²) in [6.45, 7) is 4.21. The summed E-state index contributed by atoms with van der Waals surface area (Å²) in [5.41, 5.74) is 0.853. The molecule has 0 saturated heterocycles. The minimum atomic E-state index is -0.316. The van der Waals surface area contributed by atoms with E-state index in [1.807, 2.05) is 29.9 Å². The molecule has 2 N–H and O–H groups in total. The average molecular weight is 373 g/mol. The number of aryl methyl sites for hydroxylation is 1. The summed E-state index contributed by atoms with van der Waals surface area (Å²) in [5, 5.41) is 10.7. The van der Waals surface area contributed by atoms with Gasteiger partial charge in [-0.05, 0) is 55.9 Å². The van der Waals surface area contributed by atoms with Gasteiger partial charge in [0.15, 0.2) is 17.5 Å². The van der Waals surface area contributed by atoms with Crippen molar-refractivity contribution in [1.29, 1.82) is 0 Å². The summed E-state index contributed by atoms with van der Waals surface area (Å²) >= 11 is 0. The van der Waals surface area contributed by atoms with Crippen molar-refractivity contribution in [2.24, 2.45) is 10.9 Å². The normalized spacial score (nSPS) is 15.4. The molecule has 1 aromatic heterocycles. The Bertz CT molecular complexity index is 743. The molecule has 146 valence electrons. The van der Waals surface area contributed by atoms with Crippen molar-refractivity contribution in [2.45, 2.75) is 38.8 Å². The average Bonchev–Trinajstić information content (AvgIpc) is 3.36. The van der Waals surface area contributed by atoms with Gasteiger partial charge in [0.25, 0.3) is 0 Å². The predicted octanol–water partition coefficient (Wildman–Crippen LogP) is 3.13. The number of hydrogen-bond donors (Lipinski definition) is 2. The molecule has 1 saturated carbocycles. The summed E-state index contributed by atoms with van der Waals surface area (Å²) in [5.74, 6) is 1.31. The van der Waals surface area contributed by atoms with Gasteiger partial charge in [-0.3, -0.25) is 9.67 Å². The van der Waals surface area contributed by atoms with Crippen LogP contribution in [0.5, 0.6) is 5.75 Å². The van der Waals surface area contributed by atoms with Crippen LogP contribution in [0.15, 0.2) is 41.7 Å². The summed E-state index contributed by atoms with van der Waals surface area (Å²) in [4.78, 5) is 4.24. The van der Waals surface area contributed by atoms with Gasteiger partial charge >= 0.3 is 0 Å². The van der Waals surface area contributed by atoms with Crippen molar-refractivity contribution < 1.29 is 9.13 Å². The molecule has 1 fully saturated rings. The molecule has 1 heterocycles. The number of hydrogen-bond acceptors (Lipinski definition) is 3. The van der Waals surface area contributed by atoms with Crippen LogP contribution in [0.2, 0.25) is 0 Å². The number of guanidine groups is 1. The van der Waals surface area contributed by atoms with Crippen LogP contribution >= 0.6 is 0 Å². The van der Waals surface area contributed by atoms with E-state index in [9.17, 15) is 4.39 Å².